The first-order valence-corrected chi connectivity index (χ1v) is 10.2. The normalized spacial score (nSPS) is 21.0. The lowest BCUT2D eigenvalue weighted by Crippen LogP contribution is -2.44. The monoisotopic (exact) mass is 400 g/mol. The molecule has 1 aliphatic heterocycles. The van der Waals surface area contributed by atoms with Crippen LogP contribution in [0.4, 0.5) is 4.79 Å². The maximum absolute atomic E-state index is 9.38. The van der Waals surface area contributed by atoms with Crippen molar-refractivity contribution in [1.29, 1.82) is 0 Å². The highest BCUT2D eigenvalue weighted by molar-refractivity contribution is 5.83. The number of ether oxygens (including phenoxy) is 2. The van der Waals surface area contributed by atoms with Crippen LogP contribution < -0.4 is 10.1 Å². The molecule has 0 saturated carbocycles. The van der Waals surface area contributed by atoms with Crippen LogP contribution in [-0.4, -0.2) is 42.5 Å². The fourth-order valence-corrected chi connectivity index (χ4v) is 3.87. The summed E-state index contributed by atoms with van der Waals surface area (Å²) in [5.41, 5.74) is 2.38. The van der Waals surface area contributed by atoms with E-state index < -0.39 is 6.16 Å². The number of benzene rings is 1. The summed E-state index contributed by atoms with van der Waals surface area (Å²) in [6.07, 6.45) is 6.28. The standard InChI is InChI=1S/C20H26N2O.C3H6O3/c1-4-14-10-17(22-13-15(14)5-2)11-16-8-9-21-20-7-6-18(23-3)12-19(16)20;1-2-6-3(4)5/h5-9,12,14-15,17,22H,2,4,10-11,13H2,1,3H3;2H2,1H3,(H,4,5)/t14-,15?,17?;/m0./s1. The van der Waals surface area contributed by atoms with Gasteiger partial charge >= 0.3 is 6.16 Å². The van der Waals surface area contributed by atoms with Crippen LogP contribution in [0.2, 0.25) is 0 Å². The Kier molecular flexibility index (Phi) is 8.93. The Bertz CT molecular complexity index is 809. The van der Waals surface area contributed by atoms with Gasteiger partial charge in [0.15, 0.2) is 0 Å². The first-order chi connectivity index (χ1) is 14.0. The molecule has 0 amide bonds. The Labute approximate surface area is 172 Å². The molecule has 6 heteroatoms. The van der Waals surface area contributed by atoms with Crippen LogP contribution in [0, 0.1) is 11.8 Å². The molecule has 0 bridgehead atoms. The van der Waals surface area contributed by atoms with Crippen molar-refractivity contribution in [3.05, 3.63) is 48.7 Å². The number of methoxy groups -OCH3 is 1. The largest absolute Gasteiger partial charge is 0.505 e. The third-order valence-electron chi connectivity index (χ3n) is 5.44. The van der Waals surface area contributed by atoms with Crippen LogP contribution in [0.15, 0.2) is 43.1 Å². The van der Waals surface area contributed by atoms with Crippen LogP contribution in [0.1, 0.15) is 32.3 Å². The van der Waals surface area contributed by atoms with Crippen molar-refractivity contribution in [1.82, 2.24) is 10.3 Å². The van der Waals surface area contributed by atoms with Gasteiger partial charge in [-0.1, -0.05) is 19.4 Å². The molecular formula is C23H32N2O4. The minimum Gasteiger partial charge on any atom is -0.497 e. The van der Waals surface area contributed by atoms with Crippen LogP contribution in [-0.2, 0) is 11.2 Å². The number of nitrogens with zero attached hydrogens (tertiary/aromatic N) is 1. The number of nitrogens with one attached hydrogen (secondary N) is 1. The van der Waals surface area contributed by atoms with Gasteiger partial charge in [0, 0.05) is 24.2 Å². The molecule has 29 heavy (non-hydrogen) atoms. The summed E-state index contributed by atoms with van der Waals surface area (Å²) in [5, 5.41) is 12.6. The second-order valence-corrected chi connectivity index (χ2v) is 7.16. The highest BCUT2D eigenvalue weighted by atomic mass is 16.7. The minimum absolute atomic E-state index is 0.231. The average Bonchev–Trinajstić information content (AvgIpc) is 2.74. The predicted octanol–water partition coefficient (Wildman–Crippen LogP) is 4.68. The fraction of sp³-hybridized carbons (Fsp3) is 0.478. The molecular weight excluding hydrogens is 368 g/mol. The third-order valence-corrected chi connectivity index (χ3v) is 5.44. The Morgan fingerprint density at radius 1 is 1.38 bits per heavy atom. The molecule has 1 saturated heterocycles. The molecule has 0 radical (unpaired) electrons. The zero-order valence-electron chi connectivity index (χ0n) is 17.6. The second kappa shape index (κ2) is 11.4. The number of pyridine rings is 1. The summed E-state index contributed by atoms with van der Waals surface area (Å²) in [5.74, 6) is 2.23. The van der Waals surface area contributed by atoms with E-state index in [0.717, 1.165) is 30.1 Å². The number of piperidine rings is 1. The number of fused-ring (bicyclic) bond motifs is 1. The van der Waals surface area contributed by atoms with Gasteiger partial charge in [-0.05, 0) is 61.4 Å². The number of carbonyl (C=O) groups is 1. The van der Waals surface area contributed by atoms with Crippen molar-refractivity contribution < 1.29 is 19.4 Å². The van der Waals surface area contributed by atoms with Crippen LogP contribution in [0.3, 0.4) is 0 Å². The molecule has 2 unspecified atom stereocenters. The molecule has 0 aliphatic carbocycles. The van der Waals surface area contributed by atoms with Gasteiger partial charge in [0.2, 0.25) is 0 Å². The summed E-state index contributed by atoms with van der Waals surface area (Å²) in [6, 6.07) is 8.77. The zero-order chi connectivity index (χ0) is 21.2. The molecule has 2 aromatic rings. The molecule has 1 aromatic carbocycles. The summed E-state index contributed by atoms with van der Waals surface area (Å²) < 4.78 is 9.33. The highest BCUT2D eigenvalue weighted by Crippen LogP contribution is 2.29. The first kappa shape index (κ1) is 22.7. The Hall–Kier alpha value is -2.60. The molecule has 1 aromatic heterocycles. The lowest BCUT2D eigenvalue weighted by Gasteiger charge is -2.35. The molecule has 0 spiro atoms. The average molecular weight is 401 g/mol. The number of rotatable bonds is 6. The summed E-state index contributed by atoms with van der Waals surface area (Å²) in [6.45, 7) is 9.17. The Balaban J connectivity index is 0.000000438. The molecule has 1 aliphatic rings. The lowest BCUT2D eigenvalue weighted by atomic mass is 9.80. The van der Waals surface area contributed by atoms with Crippen LogP contribution >= 0.6 is 0 Å². The number of aromatic nitrogens is 1. The molecule has 6 nitrogen and oxygen atoms in total. The van der Waals surface area contributed by atoms with Crippen molar-refractivity contribution >= 4 is 17.1 Å². The zero-order valence-corrected chi connectivity index (χ0v) is 17.6. The van der Waals surface area contributed by atoms with Gasteiger partial charge in [-0.25, -0.2) is 4.79 Å². The molecule has 158 valence electrons. The van der Waals surface area contributed by atoms with E-state index in [9.17, 15) is 4.79 Å². The van der Waals surface area contributed by atoms with Gasteiger partial charge in [0.1, 0.15) is 5.75 Å². The van der Waals surface area contributed by atoms with Crippen molar-refractivity contribution in [2.75, 3.05) is 20.3 Å². The van der Waals surface area contributed by atoms with Crippen molar-refractivity contribution in [2.24, 2.45) is 11.8 Å². The van der Waals surface area contributed by atoms with Gasteiger partial charge in [-0.2, -0.15) is 0 Å². The van der Waals surface area contributed by atoms with Gasteiger partial charge in [0.05, 0.1) is 19.2 Å². The smallest absolute Gasteiger partial charge is 0.497 e. The fourth-order valence-electron chi connectivity index (χ4n) is 3.87. The number of hydrogen-bond acceptors (Lipinski definition) is 5. The molecule has 3 atom stereocenters. The summed E-state index contributed by atoms with van der Waals surface area (Å²) in [7, 11) is 1.71. The first-order valence-electron chi connectivity index (χ1n) is 10.2. The topological polar surface area (TPSA) is 80.7 Å². The van der Waals surface area contributed by atoms with Gasteiger partial charge in [-0.15, -0.1) is 6.58 Å². The van der Waals surface area contributed by atoms with Gasteiger partial charge in [-0.3, -0.25) is 4.98 Å². The summed E-state index contributed by atoms with van der Waals surface area (Å²) >= 11 is 0. The van der Waals surface area contributed by atoms with E-state index in [0.29, 0.717) is 12.0 Å². The van der Waals surface area contributed by atoms with Crippen molar-refractivity contribution in [3.63, 3.8) is 0 Å². The quantitative estimate of drug-likeness (QED) is 0.541. The minimum atomic E-state index is -1.21. The number of carboxylic acid groups (broad SMARTS) is 1. The van der Waals surface area contributed by atoms with Crippen molar-refractivity contribution in [2.45, 2.75) is 39.2 Å². The van der Waals surface area contributed by atoms with Crippen LogP contribution in [0.25, 0.3) is 10.9 Å². The molecule has 2 heterocycles. The lowest BCUT2D eigenvalue weighted by molar-refractivity contribution is 0.0966. The van der Waals surface area contributed by atoms with E-state index in [1.807, 2.05) is 18.3 Å². The maximum atomic E-state index is 9.38. The van der Waals surface area contributed by atoms with E-state index in [-0.39, 0.29) is 6.61 Å². The van der Waals surface area contributed by atoms with Crippen molar-refractivity contribution in [3.8, 4) is 5.75 Å². The predicted molar refractivity (Wildman–Crippen MR) is 116 cm³/mol. The SMILES string of the molecule is C=CC1CNC(Cc2ccnc3ccc(OC)cc23)C[C@@H]1CC.CCOC(=O)O. The summed E-state index contributed by atoms with van der Waals surface area (Å²) in [4.78, 5) is 13.9. The van der Waals surface area contributed by atoms with Gasteiger partial charge in [0.25, 0.3) is 0 Å². The molecule has 2 N–H and O–H groups in total. The molecule has 3 rings (SSSR count). The Morgan fingerprint density at radius 3 is 2.76 bits per heavy atom. The van der Waals surface area contributed by atoms with E-state index >= 15 is 0 Å². The maximum Gasteiger partial charge on any atom is 0.505 e. The van der Waals surface area contributed by atoms with E-state index in [2.05, 4.69) is 46.7 Å². The molecule has 1 fully saturated rings. The highest BCUT2D eigenvalue weighted by Gasteiger charge is 2.27. The van der Waals surface area contributed by atoms with E-state index in [1.54, 1.807) is 14.0 Å². The van der Waals surface area contributed by atoms with Crippen LogP contribution in [0.5, 0.6) is 5.75 Å². The van der Waals surface area contributed by atoms with E-state index in [1.165, 1.54) is 23.8 Å². The second-order valence-electron chi connectivity index (χ2n) is 7.16. The third kappa shape index (κ3) is 6.46. The Morgan fingerprint density at radius 2 is 2.17 bits per heavy atom. The van der Waals surface area contributed by atoms with E-state index in [4.69, 9.17) is 9.84 Å². The van der Waals surface area contributed by atoms with Gasteiger partial charge < -0.3 is 19.9 Å². The number of hydrogen-bond donors (Lipinski definition) is 2.